The number of methoxy groups -OCH3 is 2. The van der Waals surface area contributed by atoms with Crippen LogP contribution < -0.4 is 15.2 Å². The minimum Gasteiger partial charge on any atom is -0.493 e. The molecule has 1 aliphatic rings. The highest BCUT2D eigenvalue weighted by Crippen LogP contribution is 2.33. The van der Waals surface area contributed by atoms with E-state index in [1.807, 2.05) is 24.3 Å². The Balaban J connectivity index is 2.16. The molecule has 2 heterocycles. The zero-order valence-corrected chi connectivity index (χ0v) is 12.8. The average molecular weight is 297 g/mol. The van der Waals surface area contributed by atoms with Gasteiger partial charge in [0.05, 0.1) is 25.6 Å². The molecule has 114 valence electrons. The Morgan fingerprint density at radius 1 is 1.14 bits per heavy atom. The molecule has 0 saturated carbocycles. The lowest BCUT2D eigenvalue weighted by Gasteiger charge is -2.20. The molecule has 1 aromatic heterocycles. The van der Waals surface area contributed by atoms with E-state index in [4.69, 9.17) is 20.2 Å². The SMILES string of the molecule is COc1cc2c(cc1OC)C(c1cccnc1CN)=NCC2. The molecular formula is C17H19N3O2. The smallest absolute Gasteiger partial charge is 0.161 e. The molecule has 0 fully saturated rings. The Kier molecular flexibility index (Phi) is 4.06. The summed E-state index contributed by atoms with van der Waals surface area (Å²) < 4.78 is 10.8. The van der Waals surface area contributed by atoms with Crippen LogP contribution in [0.15, 0.2) is 35.5 Å². The van der Waals surface area contributed by atoms with Gasteiger partial charge in [0.25, 0.3) is 0 Å². The lowest BCUT2D eigenvalue weighted by atomic mass is 9.92. The number of benzene rings is 1. The van der Waals surface area contributed by atoms with Crippen molar-refractivity contribution in [3.8, 4) is 11.5 Å². The van der Waals surface area contributed by atoms with Gasteiger partial charge in [-0.1, -0.05) is 0 Å². The van der Waals surface area contributed by atoms with Gasteiger partial charge in [-0.05, 0) is 36.2 Å². The molecule has 0 saturated heterocycles. The second-order valence-electron chi connectivity index (χ2n) is 5.05. The summed E-state index contributed by atoms with van der Waals surface area (Å²) in [7, 11) is 3.29. The Labute approximate surface area is 129 Å². The van der Waals surface area contributed by atoms with E-state index in [1.54, 1.807) is 20.4 Å². The number of fused-ring (bicyclic) bond motifs is 1. The van der Waals surface area contributed by atoms with Crippen LogP contribution in [0, 0.1) is 0 Å². The van der Waals surface area contributed by atoms with Crippen molar-refractivity contribution in [3.63, 3.8) is 0 Å². The molecule has 0 aliphatic carbocycles. The third-order valence-electron chi connectivity index (χ3n) is 3.85. The molecular weight excluding hydrogens is 278 g/mol. The minimum absolute atomic E-state index is 0.387. The lowest BCUT2D eigenvalue weighted by molar-refractivity contribution is 0.354. The standard InChI is InChI=1S/C17H19N3O2/c1-21-15-8-11-5-7-20-17(13(11)9-16(15)22-2)12-4-3-6-19-14(12)10-18/h3-4,6,8-9H,5,7,10,18H2,1-2H3. The van der Waals surface area contributed by atoms with Crippen molar-refractivity contribution in [2.45, 2.75) is 13.0 Å². The van der Waals surface area contributed by atoms with Crippen molar-refractivity contribution >= 4 is 5.71 Å². The topological polar surface area (TPSA) is 69.7 Å². The van der Waals surface area contributed by atoms with Crippen LogP contribution in [-0.4, -0.2) is 31.5 Å². The van der Waals surface area contributed by atoms with Crippen molar-refractivity contribution in [1.29, 1.82) is 0 Å². The summed E-state index contributed by atoms with van der Waals surface area (Å²) in [5, 5.41) is 0. The molecule has 1 aromatic carbocycles. The van der Waals surface area contributed by atoms with Crippen LogP contribution in [0.3, 0.4) is 0 Å². The molecule has 2 N–H and O–H groups in total. The summed E-state index contributed by atoms with van der Waals surface area (Å²) >= 11 is 0. The van der Waals surface area contributed by atoms with Gasteiger partial charge >= 0.3 is 0 Å². The molecule has 0 radical (unpaired) electrons. The second kappa shape index (κ2) is 6.15. The van der Waals surface area contributed by atoms with Gasteiger partial charge in [-0.2, -0.15) is 0 Å². The van der Waals surface area contributed by atoms with E-state index in [9.17, 15) is 0 Å². The number of nitrogens with two attached hydrogens (primary N) is 1. The van der Waals surface area contributed by atoms with E-state index in [2.05, 4.69) is 4.98 Å². The fourth-order valence-electron chi connectivity index (χ4n) is 2.77. The summed E-state index contributed by atoms with van der Waals surface area (Å²) in [6, 6.07) is 7.94. The van der Waals surface area contributed by atoms with Crippen LogP contribution in [0.5, 0.6) is 11.5 Å². The van der Waals surface area contributed by atoms with Gasteiger partial charge < -0.3 is 15.2 Å². The number of rotatable bonds is 4. The van der Waals surface area contributed by atoms with E-state index >= 15 is 0 Å². The summed E-state index contributed by atoms with van der Waals surface area (Å²) in [6.07, 6.45) is 2.64. The predicted octanol–water partition coefficient (Wildman–Crippen LogP) is 1.95. The normalized spacial score (nSPS) is 13.3. The molecule has 0 bridgehead atoms. The second-order valence-corrected chi connectivity index (χ2v) is 5.05. The highest BCUT2D eigenvalue weighted by Gasteiger charge is 2.21. The molecule has 5 nitrogen and oxygen atoms in total. The van der Waals surface area contributed by atoms with E-state index in [0.29, 0.717) is 12.3 Å². The van der Waals surface area contributed by atoms with Gasteiger partial charge in [-0.25, -0.2) is 0 Å². The molecule has 0 atom stereocenters. The molecule has 0 unspecified atom stereocenters. The Hall–Kier alpha value is -2.40. The summed E-state index contributed by atoms with van der Waals surface area (Å²) in [5.41, 5.74) is 10.8. The molecule has 22 heavy (non-hydrogen) atoms. The van der Waals surface area contributed by atoms with E-state index < -0.39 is 0 Å². The number of hydrogen-bond donors (Lipinski definition) is 1. The summed E-state index contributed by atoms with van der Waals surface area (Å²) in [5.74, 6) is 1.45. The first kappa shape index (κ1) is 14.5. The number of pyridine rings is 1. The Bertz CT molecular complexity index is 726. The Morgan fingerprint density at radius 2 is 1.91 bits per heavy atom. The highest BCUT2D eigenvalue weighted by atomic mass is 16.5. The van der Waals surface area contributed by atoms with E-state index in [0.717, 1.165) is 41.2 Å². The largest absolute Gasteiger partial charge is 0.493 e. The summed E-state index contributed by atoms with van der Waals surface area (Å²) in [4.78, 5) is 9.07. The quantitative estimate of drug-likeness (QED) is 0.936. The molecule has 5 heteroatoms. The third kappa shape index (κ3) is 2.44. The average Bonchev–Trinajstić information content (AvgIpc) is 2.59. The van der Waals surface area contributed by atoms with Crippen LogP contribution >= 0.6 is 0 Å². The zero-order valence-electron chi connectivity index (χ0n) is 12.8. The monoisotopic (exact) mass is 297 g/mol. The van der Waals surface area contributed by atoms with Crippen molar-refractivity contribution in [2.75, 3.05) is 20.8 Å². The van der Waals surface area contributed by atoms with E-state index in [1.165, 1.54) is 5.56 Å². The maximum absolute atomic E-state index is 5.82. The number of nitrogens with zero attached hydrogens (tertiary/aromatic N) is 2. The fourth-order valence-corrected chi connectivity index (χ4v) is 2.77. The van der Waals surface area contributed by atoms with Gasteiger partial charge in [-0.3, -0.25) is 9.98 Å². The van der Waals surface area contributed by atoms with Crippen LogP contribution in [0.4, 0.5) is 0 Å². The maximum Gasteiger partial charge on any atom is 0.161 e. The number of aliphatic imine (C=N–C) groups is 1. The van der Waals surface area contributed by atoms with E-state index in [-0.39, 0.29) is 0 Å². The van der Waals surface area contributed by atoms with Gasteiger partial charge in [0.1, 0.15) is 0 Å². The van der Waals surface area contributed by atoms with Crippen molar-refractivity contribution in [3.05, 3.63) is 52.8 Å². The third-order valence-corrected chi connectivity index (χ3v) is 3.85. The first-order chi connectivity index (χ1) is 10.8. The maximum atomic E-state index is 5.82. The van der Waals surface area contributed by atoms with Gasteiger partial charge in [0.15, 0.2) is 11.5 Å². The number of hydrogen-bond acceptors (Lipinski definition) is 5. The van der Waals surface area contributed by atoms with Crippen LogP contribution in [0.1, 0.15) is 22.4 Å². The fraction of sp³-hybridized carbons (Fsp3) is 0.294. The van der Waals surface area contributed by atoms with Gasteiger partial charge in [0.2, 0.25) is 0 Å². The highest BCUT2D eigenvalue weighted by molar-refractivity contribution is 6.15. The van der Waals surface area contributed by atoms with Crippen LogP contribution in [0.25, 0.3) is 0 Å². The minimum atomic E-state index is 0.387. The molecule has 2 aromatic rings. The zero-order chi connectivity index (χ0) is 15.5. The predicted molar refractivity (Wildman–Crippen MR) is 85.9 cm³/mol. The molecule has 3 rings (SSSR count). The lowest BCUT2D eigenvalue weighted by Crippen LogP contribution is -2.18. The first-order valence-electron chi connectivity index (χ1n) is 7.22. The van der Waals surface area contributed by atoms with Crippen molar-refractivity contribution in [2.24, 2.45) is 10.7 Å². The molecule has 0 spiro atoms. The van der Waals surface area contributed by atoms with Crippen molar-refractivity contribution in [1.82, 2.24) is 4.98 Å². The molecule has 1 aliphatic heterocycles. The van der Waals surface area contributed by atoms with Gasteiger partial charge in [-0.15, -0.1) is 0 Å². The molecule has 0 amide bonds. The first-order valence-corrected chi connectivity index (χ1v) is 7.22. The van der Waals surface area contributed by atoms with Crippen LogP contribution in [-0.2, 0) is 13.0 Å². The van der Waals surface area contributed by atoms with Gasteiger partial charge in [0, 0.05) is 30.4 Å². The number of aromatic nitrogens is 1. The summed E-state index contributed by atoms with van der Waals surface area (Å²) in [6.45, 7) is 1.13. The Morgan fingerprint density at radius 3 is 2.64 bits per heavy atom. The van der Waals surface area contributed by atoms with Crippen molar-refractivity contribution < 1.29 is 9.47 Å². The number of ether oxygens (including phenoxy) is 2. The van der Waals surface area contributed by atoms with Crippen LogP contribution in [0.2, 0.25) is 0 Å².